The Bertz CT molecular complexity index is 197. The van der Waals surface area contributed by atoms with Crippen LogP contribution in [0.15, 0.2) is 0 Å². The van der Waals surface area contributed by atoms with Gasteiger partial charge in [0.15, 0.2) is 0 Å². The standard InChI is InChI=1S/C15H34N2O2/c1-5-8-16-13-15(6-2,7-3)14-17(9-11-18)10-12-19-4/h16,18H,5-14H2,1-4H3. The fourth-order valence-electron chi connectivity index (χ4n) is 2.42. The molecule has 0 aromatic rings. The highest BCUT2D eigenvalue weighted by Gasteiger charge is 2.28. The molecule has 0 unspecified atom stereocenters. The molecule has 0 saturated heterocycles. The smallest absolute Gasteiger partial charge is 0.0589 e. The van der Waals surface area contributed by atoms with E-state index in [1.54, 1.807) is 7.11 Å². The molecule has 0 rings (SSSR count). The minimum atomic E-state index is 0.218. The van der Waals surface area contributed by atoms with Crippen LogP contribution in [-0.4, -0.2) is 63.1 Å². The van der Waals surface area contributed by atoms with E-state index in [0.29, 0.717) is 5.41 Å². The molecule has 2 N–H and O–H groups in total. The van der Waals surface area contributed by atoms with Gasteiger partial charge >= 0.3 is 0 Å². The zero-order valence-electron chi connectivity index (χ0n) is 13.4. The molecule has 0 amide bonds. The van der Waals surface area contributed by atoms with Crippen molar-refractivity contribution in [2.45, 2.75) is 40.0 Å². The highest BCUT2D eigenvalue weighted by atomic mass is 16.5. The molecular weight excluding hydrogens is 240 g/mol. The van der Waals surface area contributed by atoms with Crippen LogP contribution in [0.3, 0.4) is 0 Å². The third-order valence-electron chi connectivity index (χ3n) is 4.01. The van der Waals surface area contributed by atoms with E-state index >= 15 is 0 Å². The molecule has 116 valence electrons. The summed E-state index contributed by atoms with van der Waals surface area (Å²) in [6.07, 6.45) is 3.50. The Hall–Kier alpha value is -0.160. The van der Waals surface area contributed by atoms with Crippen molar-refractivity contribution in [3.63, 3.8) is 0 Å². The van der Waals surface area contributed by atoms with Gasteiger partial charge in [-0.15, -0.1) is 0 Å². The van der Waals surface area contributed by atoms with Crippen molar-refractivity contribution in [1.29, 1.82) is 0 Å². The predicted molar refractivity (Wildman–Crippen MR) is 81.6 cm³/mol. The number of nitrogens with one attached hydrogen (secondary N) is 1. The summed E-state index contributed by atoms with van der Waals surface area (Å²) in [5.41, 5.74) is 0.304. The number of aliphatic hydroxyl groups is 1. The summed E-state index contributed by atoms with van der Waals surface area (Å²) in [5.74, 6) is 0. The van der Waals surface area contributed by atoms with Gasteiger partial charge in [0.1, 0.15) is 0 Å². The molecule has 19 heavy (non-hydrogen) atoms. The van der Waals surface area contributed by atoms with Gasteiger partial charge in [-0.05, 0) is 31.2 Å². The van der Waals surface area contributed by atoms with E-state index in [4.69, 9.17) is 4.74 Å². The van der Waals surface area contributed by atoms with Crippen LogP contribution in [0.4, 0.5) is 0 Å². The molecule has 0 atom stereocenters. The van der Waals surface area contributed by atoms with Crippen LogP contribution in [0.2, 0.25) is 0 Å². The fraction of sp³-hybridized carbons (Fsp3) is 1.00. The van der Waals surface area contributed by atoms with Crippen molar-refractivity contribution < 1.29 is 9.84 Å². The van der Waals surface area contributed by atoms with Crippen LogP contribution in [0.25, 0.3) is 0 Å². The number of rotatable bonds is 13. The minimum Gasteiger partial charge on any atom is -0.395 e. The Morgan fingerprint density at radius 1 is 1.16 bits per heavy atom. The number of aliphatic hydroxyl groups excluding tert-OH is 1. The normalized spacial score (nSPS) is 12.3. The van der Waals surface area contributed by atoms with Gasteiger partial charge in [0.05, 0.1) is 13.2 Å². The maximum atomic E-state index is 9.19. The van der Waals surface area contributed by atoms with Crippen molar-refractivity contribution in [1.82, 2.24) is 10.2 Å². The van der Waals surface area contributed by atoms with Gasteiger partial charge in [-0.1, -0.05) is 20.8 Å². The zero-order chi connectivity index (χ0) is 14.6. The van der Waals surface area contributed by atoms with Gasteiger partial charge in [0.2, 0.25) is 0 Å². The summed E-state index contributed by atoms with van der Waals surface area (Å²) < 4.78 is 5.16. The first-order valence-corrected chi connectivity index (χ1v) is 7.70. The first kappa shape index (κ1) is 18.8. The molecule has 4 nitrogen and oxygen atoms in total. The first-order chi connectivity index (χ1) is 9.17. The summed E-state index contributed by atoms with van der Waals surface area (Å²) in [7, 11) is 1.73. The Morgan fingerprint density at radius 2 is 1.84 bits per heavy atom. The Labute approximate surface area is 119 Å². The average Bonchev–Trinajstić information content (AvgIpc) is 2.44. The molecule has 0 fully saturated rings. The number of hydrogen-bond donors (Lipinski definition) is 2. The van der Waals surface area contributed by atoms with Gasteiger partial charge in [0.25, 0.3) is 0 Å². The summed E-state index contributed by atoms with van der Waals surface area (Å²) in [4.78, 5) is 2.32. The molecule has 0 spiro atoms. The molecular formula is C15H34N2O2. The molecule has 0 aromatic heterocycles. The van der Waals surface area contributed by atoms with Crippen LogP contribution >= 0.6 is 0 Å². The topological polar surface area (TPSA) is 44.7 Å². The van der Waals surface area contributed by atoms with Crippen molar-refractivity contribution in [2.24, 2.45) is 5.41 Å². The summed E-state index contributed by atoms with van der Waals surface area (Å²) >= 11 is 0. The van der Waals surface area contributed by atoms with Gasteiger partial charge in [-0.25, -0.2) is 0 Å². The number of nitrogens with zero attached hydrogens (tertiary/aromatic N) is 1. The average molecular weight is 274 g/mol. The minimum absolute atomic E-state index is 0.218. The molecule has 0 aliphatic heterocycles. The van der Waals surface area contributed by atoms with E-state index in [-0.39, 0.29) is 6.61 Å². The van der Waals surface area contributed by atoms with E-state index in [9.17, 15) is 5.11 Å². The van der Waals surface area contributed by atoms with E-state index in [2.05, 4.69) is 31.0 Å². The lowest BCUT2D eigenvalue weighted by atomic mass is 9.81. The van der Waals surface area contributed by atoms with Crippen LogP contribution in [0.1, 0.15) is 40.0 Å². The molecule has 0 bridgehead atoms. The summed E-state index contributed by atoms with van der Waals surface area (Å²) in [5, 5.41) is 12.8. The second-order valence-corrected chi connectivity index (χ2v) is 5.38. The third kappa shape index (κ3) is 7.88. The number of hydrogen-bond acceptors (Lipinski definition) is 4. The first-order valence-electron chi connectivity index (χ1n) is 7.70. The Balaban J connectivity index is 4.46. The van der Waals surface area contributed by atoms with Crippen molar-refractivity contribution in [3.8, 4) is 0 Å². The lowest BCUT2D eigenvalue weighted by molar-refractivity contribution is 0.0840. The highest BCUT2D eigenvalue weighted by molar-refractivity contribution is 4.83. The lowest BCUT2D eigenvalue weighted by Gasteiger charge is -2.37. The maximum absolute atomic E-state index is 9.19. The van der Waals surface area contributed by atoms with Gasteiger partial charge in [-0.3, -0.25) is 4.90 Å². The zero-order valence-corrected chi connectivity index (χ0v) is 13.4. The molecule has 0 aliphatic rings. The predicted octanol–water partition coefficient (Wildman–Crippen LogP) is 1.73. The van der Waals surface area contributed by atoms with E-state index < -0.39 is 0 Å². The second-order valence-electron chi connectivity index (χ2n) is 5.38. The van der Waals surface area contributed by atoms with E-state index in [0.717, 1.165) is 52.2 Å². The Morgan fingerprint density at radius 3 is 2.32 bits per heavy atom. The molecule has 0 saturated carbocycles. The van der Waals surface area contributed by atoms with Gasteiger partial charge in [0, 0.05) is 33.3 Å². The number of methoxy groups -OCH3 is 1. The van der Waals surface area contributed by atoms with Crippen LogP contribution < -0.4 is 5.32 Å². The van der Waals surface area contributed by atoms with Crippen molar-refractivity contribution in [3.05, 3.63) is 0 Å². The second kappa shape index (κ2) is 11.6. The van der Waals surface area contributed by atoms with Crippen molar-refractivity contribution >= 4 is 0 Å². The quantitative estimate of drug-likeness (QED) is 0.502. The van der Waals surface area contributed by atoms with E-state index in [1.165, 1.54) is 6.42 Å². The van der Waals surface area contributed by atoms with Crippen LogP contribution in [0, 0.1) is 5.41 Å². The molecule has 0 heterocycles. The molecule has 4 heteroatoms. The van der Waals surface area contributed by atoms with Gasteiger partial charge < -0.3 is 15.2 Å². The Kier molecular flexibility index (Phi) is 11.6. The third-order valence-corrected chi connectivity index (χ3v) is 4.01. The largest absolute Gasteiger partial charge is 0.395 e. The molecule has 0 aliphatic carbocycles. The number of ether oxygens (including phenoxy) is 1. The van der Waals surface area contributed by atoms with E-state index in [1.807, 2.05) is 0 Å². The highest BCUT2D eigenvalue weighted by Crippen LogP contribution is 2.26. The SMILES string of the molecule is CCCNCC(CC)(CC)CN(CCO)CCOC. The van der Waals surface area contributed by atoms with Crippen LogP contribution in [-0.2, 0) is 4.74 Å². The van der Waals surface area contributed by atoms with Gasteiger partial charge in [-0.2, -0.15) is 0 Å². The maximum Gasteiger partial charge on any atom is 0.0589 e. The molecule has 0 radical (unpaired) electrons. The molecule has 0 aromatic carbocycles. The van der Waals surface area contributed by atoms with Crippen LogP contribution in [0.5, 0.6) is 0 Å². The summed E-state index contributed by atoms with van der Waals surface area (Å²) in [6.45, 7) is 12.5. The van der Waals surface area contributed by atoms with Crippen molar-refractivity contribution in [2.75, 3.05) is 53.0 Å². The lowest BCUT2D eigenvalue weighted by Crippen LogP contribution is -2.45. The summed E-state index contributed by atoms with van der Waals surface area (Å²) in [6, 6.07) is 0. The monoisotopic (exact) mass is 274 g/mol. The fourth-order valence-corrected chi connectivity index (χ4v) is 2.42.